The van der Waals surface area contributed by atoms with E-state index in [0.717, 1.165) is 11.8 Å². The van der Waals surface area contributed by atoms with E-state index in [4.69, 9.17) is 0 Å². The molecule has 0 radical (unpaired) electrons. The summed E-state index contributed by atoms with van der Waals surface area (Å²) in [5.74, 6) is -1.21. The summed E-state index contributed by atoms with van der Waals surface area (Å²) in [6.07, 6.45) is -3.53. The van der Waals surface area contributed by atoms with Gasteiger partial charge in [-0.3, -0.25) is 9.59 Å². The highest BCUT2D eigenvalue weighted by Gasteiger charge is 2.35. The number of carbonyl (C=O) groups excluding carboxylic acids is 2. The van der Waals surface area contributed by atoms with Crippen LogP contribution in [0.25, 0.3) is 0 Å². The second kappa shape index (κ2) is 7.43. The number of rotatable bonds is 5. The van der Waals surface area contributed by atoms with Crippen molar-refractivity contribution in [2.75, 3.05) is 7.05 Å². The summed E-state index contributed by atoms with van der Waals surface area (Å²) in [6.45, 7) is 0. The van der Waals surface area contributed by atoms with Gasteiger partial charge in [0.15, 0.2) is 5.01 Å². The standard InChI is InChI=1S/C15H14F3N3O2S/c1-19-12(22)10(7-9-5-3-2-4-6-9)21-13(23)11-8-20-14(24-11)15(16,17)18/h2-6,8,10H,7H2,1H3,(H,19,22)(H,21,23). The average molecular weight is 357 g/mol. The van der Waals surface area contributed by atoms with E-state index < -0.39 is 29.0 Å². The molecule has 2 amide bonds. The number of benzene rings is 1. The molecule has 1 heterocycles. The maximum Gasteiger partial charge on any atom is 0.443 e. The minimum atomic E-state index is -4.60. The Balaban J connectivity index is 2.12. The van der Waals surface area contributed by atoms with Gasteiger partial charge in [-0.05, 0) is 5.56 Å². The molecule has 0 aliphatic carbocycles. The van der Waals surface area contributed by atoms with Crippen molar-refractivity contribution in [3.8, 4) is 0 Å². The zero-order valence-corrected chi connectivity index (χ0v) is 13.4. The van der Waals surface area contributed by atoms with Crippen molar-refractivity contribution in [3.05, 3.63) is 52.0 Å². The van der Waals surface area contributed by atoms with Crippen LogP contribution >= 0.6 is 11.3 Å². The van der Waals surface area contributed by atoms with E-state index in [0.29, 0.717) is 0 Å². The number of amides is 2. The van der Waals surface area contributed by atoms with E-state index in [-0.39, 0.29) is 22.6 Å². The zero-order chi connectivity index (χ0) is 17.7. The number of nitrogens with one attached hydrogen (secondary N) is 2. The van der Waals surface area contributed by atoms with E-state index in [1.54, 1.807) is 24.3 Å². The Morgan fingerprint density at radius 2 is 1.92 bits per heavy atom. The number of halogens is 3. The molecule has 2 aromatic rings. The molecule has 0 fully saturated rings. The molecule has 1 unspecified atom stereocenters. The van der Waals surface area contributed by atoms with Gasteiger partial charge in [-0.15, -0.1) is 11.3 Å². The molecule has 1 aromatic heterocycles. The van der Waals surface area contributed by atoms with Crippen molar-refractivity contribution >= 4 is 23.2 Å². The van der Waals surface area contributed by atoms with Gasteiger partial charge in [0, 0.05) is 13.5 Å². The predicted molar refractivity (Wildman–Crippen MR) is 82.6 cm³/mol. The van der Waals surface area contributed by atoms with Gasteiger partial charge in [0.2, 0.25) is 5.91 Å². The van der Waals surface area contributed by atoms with Crippen LogP contribution in [0.1, 0.15) is 20.2 Å². The zero-order valence-electron chi connectivity index (χ0n) is 12.6. The predicted octanol–water partition coefficient (Wildman–Crippen LogP) is 2.25. The summed E-state index contributed by atoms with van der Waals surface area (Å²) in [4.78, 5) is 27.0. The molecule has 2 N–H and O–H groups in total. The molecular formula is C15H14F3N3O2S. The molecule has 0 aliphatic heterocycles. The highest BCUT2D eigenvalue weighted by molar-refractivity contribution is 7.13. The third-order valence-electron chi connectivity index (χ3n) is 3.12. The molecule has 0 saturated heterocycles. The Labute approximate surface area is 139 Å². The van der Waals surface area contributed by atoms with Crippen LogP contribution in [-0.2, 0) is 17.4 Å². The smallest absolute Gasteiger partial charge is 0.357 e. The normalized spacial score (nSPS) is 12.5. The number of carbonyl (C=O) groups is 2. The average Bonchev–Trinajstić information content (AvgIpc) is 3.05. The molecule has 0 bridgehead atoms. The first-order valence-corrected chi connectivity index (χ1v) is 7.72. The van der Waals surface area contributed by atoms with Crippen molar-refractivity contribution in [3.63, 3.8) is 0 Å². The molecule has 0 saturated carbocycles. The van der Waals surface area contributed by atoms with Gasteiger partial charge in [0.25, 0.3) is 5.91 Å². The van der Waals surface area contributed by atoms with Gasteiger partial charge >= 0.3 is 6.18 Å². The van der Waals surface area contributed by atoms with Crippen LogP contribution in [0.15, 0.2) is 36.5 Å². The number of hydrogen-bond acceptors (Lipinski definition) is 4. The van der Waals surface area contributed by atoms with Crippen LogP contribution in [0, 0.1) is 0 Å². The summed E-state index contributed by atoms with van der Waals surface area (Å²) < 4.78 is 37.6. The van der Waals surface area contributed by atoms with Crippen LogP contribution in [0.4, 0.5) is 13.2 Å². The minimum absolute atomic E-state index is 0.204. The molecule has 1 atom stereocenters. The van der Waals surface area contributed by atoms with Crippen LogP contribution in [0.2, 0.25) is 0 Å². The van der Waals surface area contributed by atoms with Crippen molar-refractivity contribution < 1.29 is 22.8 Å². The van der Waals surface area contributed by atoms with Crippen molar-refractivity contribution in [2.45, 2.75) is 18.6 Å². The minimum Gasteiger partial charge on any atom is -0.357 e. The number of hydrogen-bond donors (Lipinski definition) is 2. The van der Waals surface area contributed by atoms with E-state index in [9.17, 15) is 22.8 Å². The van der Waals surface area contributed by atoms with E-state index in [2.05, 4.69) is 15.6 Å². The number of likely N-dealkylation sites (N-methyl/N-ethyl adjacent to an activating group) is 1. The summed E-state index contributed by atoms with van der Waals surface area (Å²) >= 11 is 0.236. The van der Waals surface area contributed by atoms with Gasteiger partial charge in [0.05, 0.1) is 6.20 Å². The lowest BCUT2D eigenvalue weighted by atomic mass is 10.1. The topological polar surface area (TPSA) is 71.1 Å². The highest BCUT2D eigenvalue weighted by atomic mass is 32.1. The quantitative estimate of drug-likeness (QED) is 0.862. The highest BCUT2D eigenvalue weighted by Crippen LogP contribution is 2.32. The van der Waals surface area contributed by atoms with Gasteiger partial charge < -0.3 is 10.6 Å². The molecule has 24 heavy (non-hydrogen) atoms. The lowest BCUT2D eigenvalue weighted by molar-refractivity contribution is -0.137. The molecule has 0 spiro atoms. The second-order valence-corrected chi connectivity index (χ2v) is 5.89. The van der Waals surface area contributed by atoms with Crippen LogP contribution in [-0.4, -0.2) is 29.9 Å². The lowest BCUT2D eigenvalue weighted by Gasteiger charge is -2.16. The Bertz CT molecular complexity index is 716. The molecule has 0 aliphatic rings. The first kappa shape index (κ1) is 17.9. The Kier molecular flexibility index (Phi) is 5.55. The van der Waals surface area contributed by atoms with Crippen LogP contribution in [0.3, 0.4) is 0 Å². The van der Waals surface area contributed by atoms with Crippen LogP contribution < -0.4 is 10.6 Å². The van der Waals surface area contributed by atoms with E-state index in [1.807, 2.05) is 6.07 Å². The maximum absolute atomic E-state index is 12.5. The largest absolute Gasteiger partial charge is 0.443 e. The monoisotopic (exact) mass is 357 g/mol. The number of nitrogens with zero attached hydrogens (tertiary/aromatic N) is 1. The number of thiazole rings is 1. The summed E-state index contributed by atoms with van der Waals surface area (Å²) in [7, 11) is 1.42. The molecule has 1 aromatic carbocycles. The molecule has 128 valence electrons. The first-order valence-electron chi connectivity index (χ1n) is 6.90. The van der Waals surface area contributed by atoms with Crippen molar-refractivity contribution in [1.82, 2.24) is 15.6 Å². The number of alkyl halides is 3. The fourth-order valence-corrected chi connectivity index (χ4v) is 2.66. The third kappa shape index (κ3) is 4.54. The van der Waals surface area contributed by atoms with Crippen LogP contribution in [0.5, 0.6) is 0 Å². The first-order chi connectivity index (χ1) is 11.3. The molecule has 2 rings (SSSR count). The van der Waals surface area contributed by atoms with Gasteiger partial charge in [0.1, 0.15) is 10.9 Å². The van der Waals surface area contributed by atoms with Gasteiger partial charge in [-0.25, -0.2) is 4.98 Å². The summed E-state index contributed by atoms with van der Waals surface area (Å²) in [6, 6.07) is 8.06. The SMILES string of the molecule is CNC(=O)C(Cc1ccccc1)NC(=O)c1cnc(C(F)(F)F)s1. The summed E-state index contributed by atoms with van der Waals surface area (Å²) in [5.41, 5.74) is 0.812. The number of aromatic nitrogens is 1. The molecule has 9 heteroatoms. The maximum atomic E-state index is 12.5. The third-order valence-corrected chi connectivity index (χ3v) is 4.16. The summed E-state index contributed by atoms with van der Waals surface area (Å²) in [5, 5.41) is 3.77. The fourth-order valence-electron chi connectivity index (χ4n) is 1.97. The second-order valence-electron chi connectivity index (χ2n) is 4.86. The fraction of sp³-hybridized carbons (Fsp3) is 0.267. The van der Waals surface area contributed by atoms with Crippen molar-refractivity contribution in [1.29, 1.82) is 0 Å². The molecule has 5 nitrogen and oxygen atoms in total. The van der Waals surface area contributed by atoms with Gasteiger partial charge in [-0.1, -0.05) is 30.3 Å². The Hall–Kier alpha value is -2.42. The Morgan fingerprint density at radius 3 is 2.46 bits per heavy atom. The van der Waals surface area contributed by atoms with E-state index in [1.165, 1.54) is 7.05 Å². The van der Waals surface area contributed by atoms with Gasteiger partial charge in [-0.2, -0.15) is 13.2 Å². The Morgan fingerprint density at radius 1 is 1.25 bits per heavy atom. The van der Waals surface area contributed by atoms with Crippen molar-refractivity contribution in [2.24, 2.45) is 0 Å². The molecular weight excluding hydrogens is 343 g/mol. The lowest BCUT2D eigenvalue weighted by Crippen LogP contribution is -2.46. The van der Waals surface area contributed by atoms with E-state index >= 15 is 0 Å².